The Morgan fingerprint density at radius 3 is 2.41 bits per heavy atom. The summed E-state index contributed by atoms with van der Waals surface area (Å²) in [6.07, 6.45) is 1.63. The van der Waals surface area contributed by atoms with Gasteiger partial charge in [0.2, 0.25) is 5.91 Å². The largest absolute Gasteiger partial charge is 0.469 e. The molecule has 126 valence electrons. The number of amides is 3. The monoisotopic (exact) mass is 313 g/mol. The van der Waals surface area contributed by atoms with Crippen LogP contribution in [0.1, 0.15) is 40.0 Å². The lowest BCUT2D eigenvalue weighted by Crippen LogP contribution is -2.55. The fraction of sp³-hybridized carbons (Fsp3) is 0.800. The van der Waals surface area contributed by atoms with Crippen molar-refractivity contribution in [2.75, 3.05) is 20.2 Å². The van der Waals surface area contributed by atoms with E-state index in [1.54, 1.807) is 0 Å². The summed E-state index contributed by atoms with van der Waals surface area (Å²) in [5.41, 5.74) is 4.88. The lowest BCUT2D eigenvalue weighted by molar-refractivity contribution is -0.141. The van der Waals surface area contributed by atoms with Crippen molar-refractivity contribution in [3.8, 4) is 0 Å². The second-order valence-electron chi connectivity index (χ2n) is 6.88. The number of hydrogen-bond acceptors (Lipinski definition) is 4. The third kappa shape index (κ3) is 5.54. The van der Waals surface area contributed by atoms with Gasteiger partial charge in [0.15, 0.2) is 0 Å². The highest BCUT2D eigenvalue weighted by molar-refractivity contribution is 5.81. The fourth-order valence-electron chi connectivity index (χ4n) is 2.52. The van der Waals surface area contributed by atoms with Crippen LogP contribution in [0.25, 0.3) is 0 Å². The van der Waals surface area contributed by atoms with Gasteiger partial charge in [0, 0.05) is 31.0 Å². The van der Waals surface area contributed by atoms with E-state index < -0.39 is 11.4 Å². The van der Waals surface area contributed by atoms with Crippen LogP contribution in [-0.2, 0) is 14.3 Å². The molecule has 1 rings (SSSR count). The summed E-state index contributed by atoms with van der Waals surface area (Å²) in [5.74, 6) is -0.215. The van der Waals surface area contributed by atoms with Crippen LogP contribution in [-0.4, -0.2) is 49.0 Å². The van der Waals surface area contributed by atoms with Crippen LogP contribution in [0.15, 0.2) is 0 Å². The molecule has 3 amide bonds. The zero-order chi connectivity index (χ0) is 16.9. The molecule has 2 atom stereocenters. The quantitative estimate of drug-likeness (QED) is 0.752. The first kappa shape index (κ1) is 18.3. The SMILES string of the molecule is COC(=O)CCC1CC(NC(=O)C(C)(C)C)CN(C(N)=O)C1. The maximum atomic E-state index is 12.1. The number of nitrogens with zero attached hydrogens (tertiary/aromatic N) is 1. The highest BCUT2D eigenvalue weighted by Crippen LogP contribution is 2.23. The number of urea groups is 1. The summed E-state index contributed by atoms with van der Waals surface area (Å²) in [6, 6.07) is -0.645. The normalized spacial score (nSPS) is 22.1. The predicted molar refractivity (Wildman–Crippen MR) is 81.9 cm³/mol. The number of nitrogens with one attached hydrogen (secondary N) is 1. The highest BCUT2D eigenvalue weighted by atomic mass is 16.5. The van der Waals surface area contributed by atoms with Crippen LogP contribution in [0.4, 0.5) is 4.79 Å². The van der Waals surface area contributed by atoms with E-state index in [1.807, 2.05) is 20.8 Å². The molecule has 0 aliphatic carbocycles. The van der Waals surface area contributed by atoms with Crippen molar-refractivity contribution >= 4 is 17.9 Å². The standard InChI is InChI=1S/C15H27N3O4/c1-15(2,3)13(20)17-11-7-10(5-6-12(19)22-4)8-18(9-11)14(16)21/h10-11H,5-9H2,1-4H3,(H2,16,21)(H,17,20). The molecule has 1 aliphatic heterocycles. The molecule has 1 aliphatic rings. The van der Waals surface area contributed by atoms with Gasteiger partial charge in [-0.05, 0) is 18.8 Å². The lowest BCUT2D eigenvalue weighted by atomic mass is 9.89. The Bertz CT molecular complexity index is 431. The Kier molecular flexibility index (Phi) is 6.20. The van der Waals surface area contributed by atoms with E-state index in [9.17, 15) is 14.4 Å². The topological polar surface area (TPSA) is 102 Å². The molecule has 3 N–H and O–H groups in total. The molecule has 1 heterocycles. The molecule has 0 aromatic rings. The fourth-order valence-corrected chi connectivity index (χ4v) is 2.52. The maximum absolute atomic E-state index is 12.1. The van der Waals surface area contributed by atoms with Gasteiger partial charge in [-0.25, -0.2) is 4.79 Å². The third-order valence-corrected chi connectivity index (χ3v) is 3.85. The number of carbonyl (C=O) groups is 3. The van der Waals surface area contributed by atoms with Gasteiger partial charge in [0.1, 0.15) is 0 Å². The number of carbonyl (C=O) groups excluding carboxylic acids is 3. The second kappa shape index (κ2) is 7.47. The minimum absolute atomic E-state index is 0.0597. The average molecular weight is 313 g/mol. The Hall–Kier alpha value is -1.79. The zero-order valence-corrected chi connectivity index (χ0v) is 13.8. The van der Waals surface area contributed by atoms with E-state index in [0.717, 1.165) is 6.42 Å². The molecule has 2 unspecified atom stereocenters. The number of nitrogens with two attached hydrogens (primary N) is 1. The summed E-state index contributed by atoms with van der Waals surface area (Å²) < 4.78 is 4.64. The third-order valence-electron chi connectivity index (χ3n) is 3.85. The molecule has 0 aromatic heterocycles. The number of methoxy groups -OCH3 is 1. The molecule has 0 spiro atoms. The highest BCUT2D eigenvalue weighted by Gasteiger charge is 2.32. The van der Waals surface area contributed by atoms with E-state index in [-0.39, 0.29) is 23.8 Å². The predicted octanol–water partition coefficient (Wildman–Crippen LogP) is 0.871. The van der Waals surface area contributed by atoms with E-state index in [4.69, 9.17) is 5.73 Å². The smallest absolute Gasteiger partial charge is 0.314 e. The Morgan fingerprint density at radius 2 is 1.91 bits per heavy atom. The summed E-state index contributed by atoms with van der Waals surface area (Å²) in [7, 11) is 1.35. The molecule has 1 saturated heterocycles. The van der Waals surface area contributed by atoms with Gasteiger partial charge in [-0.15, -0.1) is 0 Å². The van der Waals surface area contributed by atoms with Crippen LogP contribution < -0.4 is 11.1 Å². The average Bonchev–Trinajstić information content (AvgIpc) is 2.43. The summed E-state index contributed by atoms with van der Waals surface area (Å²) in [4.78, 5) is 36.4. The van der Waals surface area contributed by atoms with Gasteiger partial charge in [-0.3, -0.25) is 9.59 Å². The molecule has 7 heteroatoms. The van der Waals surface area contributed by atoms with E-state index in [1.165, 1.54) is 12.0 Å². The Balaban J connectivity index is 2.66. The van der Waals surface area contributed by atoms with Crippen molar-refractivity contribution in [1.82, 2.24) is 10.2 Å². The molecule has 7 nitrogen and oxygen atoms in total. The van der Waals surface area contributed by atoms with Gasteiger partial charge in [0.05, 0.1) is 7.11 Å². The van der Waals surface area contributed by atoms with E-state index in [2.05, 4.69) is 10.1 Å². The van der Waals surface area contributed by atoms with Crippen LogP contribution in [0.3, 0.4) is 0 Å². The van der Waals surface area contributed by atoms with Gasteiger partial charge >= 0.3 is 12.0 Å². The molecular weight excluding hydrogens is 286 g/mol. The van der Waals surface area contributed by atoms with E-state index in [0.29, 0.717) is 25.9 Å². The van der Waals surface area contributed by atoms with Crippen molar-refractivity contribution in [3.05, 3.63) is 0 Å². The van der Waals surface area contributed by atoms with Gasteiger partial charge < -0.3 is 20.7 Å². The van der Waals surface area contributed by atoms with Crippen molar-refractivity contribution in [2.24, 2.45) is 17.1 Å². The van der Waals surface area contributed by atoms with Crippen LogP contribution >= 0.6 is 0 Å². The number of rotatable bonds is 4. The van der Waals surface area contributed by atoms with Crippen molar-refractivity contribution in [1.29, 1.82) is 0 Å². The first-order valence-corrected chi connectivity index (χ1v) is 7.55. The summed E-state index contributed by atoms with van der Waals surface area (Å²) in [5, 5.41) is 2.97. The number of likely N-dealkylation sites (tertiary alicyclic amines) is 1. The summed E-state index contributed by atoms with van der Waals surface area (Å²) in [6.45, 7) is 6.43. The second-order valence-corrected chi connectivity index (χ2v) is 6.88. The first-order chi connectivity index (χ1) is 10.1. The first-order valence-electron chi connectivity index (χ1n) is 7.55. The number of esters is 1. The van der Waals surface area contributed by atoms with Crippen molar-refractivity contribution in [2.45, 2.75) is 46.1 Å². The van der Waals surface area contributed by atoms with Crippen LogP contribution in [0.2, 0.25) is 0 Å². The molecular formula is C15H27N3O4. The molecule has 22 heavy (non-hydrogen) atoms. The maximum Gasteiger partial charge on any atom is 0.314 e. The minimum atomic E-state index is -0.502. The number of primary amides is 1. The molecule has 1 fully saturated rings. The van der Waals surface area contributed by atoms with Crippen molar-refractivity contribution < 1.29 is 19.1 Å². The summed E-state index contributed by atoms with van der Waals surface area (Å²) >= 11 is 0. The van der Waals surface area contributed by atoms with Gasteiger partial charge in [-0.1, -0.05) is 20.8 Å². The van der Waals surface area contributed by atoms with Crippen LogP contribution in [0, 0.1) is 11.3 Å². The zero-order valence-electron chi connectivity index (χ0n) is 13.8. The number of ether oxygens (including phenoxy) is 1. The Labute approximate surface area is 131 Å². The lowest BCUT2D eigenvalue weighted by Gasteiger charge is -2.38. The minimum Gasteiger partial charge on any atom is -0.469 e. The number of hydrogen-bond donors (Lipinski definition) is 2. The molecule has 0 radical (unpaired) electrons. The van der Waals surface area contributed by atoms with Gasteiger partial charge in [0.25, 0.3) is 0 Å². The van der Waals surface area contributed by atoms with Crippen molar-refractivity contribution in [3.63, 3.8) is 0 Å². The molecule has 0 aromatic carbocycles. The van der Waals surface area contributed by atoms with E-state index >= 15 is 0 Å². The molecule has 0 saturated carbocycles. The van der Waals surface area contributed by atoms with Crippen LogP contribution in [0.5, 0.6) is 0 Å². The Morgan fingerprint density at radius 1 is 1.27 bits per heavy atom. The van der Waals surface area contributed by atoms with Gasteiger partial charge in [-0.2, -0.15) is 0 Å². The number of piperidine rings is 1. The molecule has 0 bridgehead atoms.